The van der Waals surface area contributed by atoms with Crippen LogP contribution in [0.1, 0.15) is 11.1 Å². The molecule has 0 saturated heterocycles. The summed E-state index contributed by atoms with van der Waals surface area (Å²) in [6, 6.07) is 7.54. The largest absolute Gasteiger partial charge is 0.490 e. The second-order valence-electron chi connectivity index (χ2n) is 5.72. The van der Waals surface area contributed by atoms with Crippen molar-refractivity contribution in [1.29, 1.82) is 0 Å². The fraction of sp³-hybridized carbons (Fsp3) is 0.316. The topological polar surface area (TPSA) is 96.2 Å². The fourth-order valence-corrected chi connectivity index (χ4v) is 3.16. The van der Waals surface area contributed by atoms with Gasteiger partial charge in [-0.15, -0.1) is 0 Å². The molecule has 25 heavy (non-hydrogen) atoms. The number of carbonyl (C=O) groups is 1. The summed E-state index contributed by atoms with van der Waals surface area (Å²) >= 11 is 0. The van der Waals surface area contributed by atoms with Gasteiger partial charge in [-0.2, -0.15) is 0 Å². The van der Waals surface area contributed by atoms with Crippen LogP contribution in [-0.2, 0) is 17.6 Å². The third-order valence-corrected chi connectivity index (χ3v) is 4.20. The SMILES string of the molecule is O=C(O)C1=CCc2c(c(OCCO)c3ccccc3c2OCCO)C1. The lowest BCUT2D eigenvalue weighted by Gasteiger charge is -2.24. The van der Waals surface area contributed by atoms with Gasteiger partial charge in [0.2, 0.25) is 0 Å². The number of fused-ring (bicyclic) bond motifs is 2. The molecule has 0 spiro atoms. The molecule has 6 heteroatoms. The van der Waals surface area contributed by atoms with Gasteiger partial charge in [-0.1, -0.05) is 30.3 Å². The molecule has 0 saturated carbocycles. The van der Waals surface area contributed by atoms with Crippen LogP contribution in [0.2, 0.25) is 0 Å². The minimum Gasteiger partial charge on any atom is -0.490 e. The van der Waals surface area contributed by atoms with Crippen LogP contribution in [0.15, 0.2) is 35.9 Å². The van der Waals surface area contributed by atoms with Gasteiger partial charge in [-0.05, 0) is 6.42 Å². The van der Waals surface area contributed by atoms with Gasteiger partial charge >= 0.3 is 5.97 Å². The van der Waals surface area contributed by atoms with Gasteiger partial charge < -0.3 is 24.8 Å². The highest BCUT2D eigenvalue weighted by Gasteiger charge is 2.26. The second-order valence-corrected chi connectivity index (χ2v) is 5.72. The van der Waals surface area contributed by atoms with Crippen molar-refractivity contribution in [3.8, 4) is 11.5 Å². The van der Waals surface area contributed by atoms with Gasteiger partial charge in [0.15, 0.2) is 0 Å². The van der Waals surface area contributed by atoms with E-state index in [0.29, 0.717) is 23.5 Å². The van der Waals surface area contributed by atoms with Crippen molar-refractivity contribution >= 4 is 16.7 Å². The summed E-state index contributed by atoms with van der Waals surface area (Å²) in [5.41, 5.74) is 1.94. The van der Waals surface area contributed by atoms with Crippen molar-refractivity contribution in [3.05, 3.63) is 47.0 Å². The molecule has 3 N–H and O–H groups in total. The lowest BCUT2D eigenvalue weighted by atomic mass is 9.87. The molecule has 2 aromatic carbocycles. The van der Waals surface area contributed by atoms with E-state index in [9.17, 15) is 9.90 Å². The van der Waals surface area contributed by atoms with Crippen LogP contribution in [0, 0.1) is 0 Å². The van der Waals surface area contributed by atoms with Gasteiger partial charge in [0.25, 0.3) is 0 Å². The predicted molar refractivity (Wildman–Crippen MR) is 92.2 cm³/mol. The summed E-state index contributed by atoms with van der Waals surface area (Å²) in [4.78, 5) is 11.4. The van der Waals surface area contributed by atoms with Crippen molar-refractivity contribution in [2.24, 2.45) is 0 Å². The average molecular weight is 344 g/mol. The van der Waals surface area contributed by atoms with Gasteiger partial charge in [0, 0.05) is 33.9 Å². The van der Waals surface area contributed by atoms with Crippen LogP contribution in [-0.4, -0.2) is 47.7 Å². The number of ether oxygens (including phenoxy) is 2. The molecule has 0 atom stereocenters. The van der Waals surface area contributed by atoms with E-state index in [4.69, 9.17) is 19.7 Å². The zero-order valence-electron chi connectivity index (χ0n) is 13.7. The van der Waals surface area contributed by atoms with E-state index >= 15 is 0 Å². The Morgan fingerprint density at radius 1 is 0.960 bits per heavy atom. The number of hydrogen-bond donors (Lipinski definition) is 3. The lowest BCUT2D eigenvalue weighted by molar-refractivity contribution is -0.132. The molecule has 0 fully saturated rings. The second kappa shape index (κ2) is 7.55. The average Bonchev–Trinajstić information content (AvgIpc) is 2.64. The lowest BCUT2D eigenvalue weighted by Crippen LogP contribution is -2.15. The molecule has 0 amide bonds. The molecule has 1 aliphatic carbocycles. The Morgan fingerprint density at radius 3 is 2.04 bits per heavy atom. The molecule has 0 radical (unpaired) electrons. The van der Waals surface area contributed by atoms with E-state index in [1.165, 1.54) is 0 Å². The van der Waals surface area contributed by atoms with Crippen molar-refractivity contribution in [2.45, 2.75) is 12.8 Å². The molecule has 2 aromatic rings. The quantitative estimate of drug-likeness (QED) is 0.707. The Labute approximate surface area is 144 Å². The number of allylic oxidation sites excluding steroid dienone is 1. The Kier molecular flexibility index (Phi) is 5.21. The molecule has 1 aliphatic rings. The molecule has 0 unspecified atom stereocenters. The first-order valence-electron chi connectivity index (χ1n) is 8.13. The Bertz CT molecular complexity index is 824. The molecule has 0 bridgehead atoms. The van der Waals surface area contributed by atoms with Crippen LogP contribution in [0.3, 0.4) is 0 Å². The summed E-state index contributed by atoms with van der Waals surface area (Å²) in [6.07, 6.45) is 2.32. The number of carboxylic acid groups (broad SMARTS) is 1. The summed E-state index contributed by atoms with van der Waals surface area (Å²) in [5.74, 6) is 0.282. The van der Waals surface area contributed by atoms with Crippen molar-refractivity contribution in [2.75, 3.05) is 26.4 Å². The van der Waals surface area contributed by atoms with Gasteiger partial charge in [-0.3, -0.25) is 0 Å². The van der Waals surface area contributed by atoms with Crippen molar-refractivity contribution in [3.63, 3.8) is 0 Å². The first kappa shape index (κ1) is 17.3. The van der Waals surface area contributed by atoms with Gasteiger partial charge in [-0.25, -0.2) is 4.79 Å². The molecular formula is C19H20O6. The first-order valence-corrected chi connectivity index (χ1v) is 8.13. The van der Waals surface area contributed by atoms with Crippen LogP contribution in [0.4, 0.5) is 0 Å². The maximum atomic E-state index is 11.4. The van der Waals surface area contributed by atoms with Gasteiger partial charge in [0.05, 0.1) is 13.2 Å². The summed E-state index contributed by atoms with van der Waals surface area (Å²) < 4.78 is 11.6. The minimum absolute atomic E-state index is 0.109. The molecule has 3 rings (SSSR count). The monoisotopic (exact) mass is 344 g/mol. The highest BCUT2D eigenvalue weighted by Crippen LogP contribution is 2.44. The molecular weight excluding hydrogens is 324 g/mol. The maximum absolute atomic E-state index is 11.4. The number of hydrogen-bond acceptors (Lipinski definition) is 5. The van der Waals surface area contributed by atoms with Crippen molar-refractivity contribution < 1.29 is 29.6 Å². The standard InChI is InChI=1S/C19H20O6/c20-7-9-24-17-13-3-1-2-4-14(13)18(25-10-8-21)16-11-12(19(22)23)5-6-15(16)17/h1-5,20-21H,6-11H2,(H,22,23). The van der Waals surface area contributed by atoms with E-state index in [2.05, 4.69) is 0 Å². The minimum atomic E-state index is -0.954. The van der Waals surface area contributed by atoms with Crippen LogP contribution < -0.4 is 9.47 Å². The summed E-state index contributed by atoms with van der Waals surface area (Å²) in [5, 5.41) is 29.2. The number of rotatable bonds is 7. The highest BCUT2D eigenvalue weighted by molar-refractivity contribution is 5.97. The number of aliphatic hydroxyl groups excluding tert-OH is 2. The van der Waals surface area contributed by atoms with E-state index in [1.807, 2.05) is 24.3 Å². The van der Waals surface area contributed by atoms with Crippen molar-refractivity contribution in [1.82, 2.24) is 0 Å². The third-order valence-electron chi connectivity index (χ3n) is 4.20. The van der Waals surface area contributed by atoms with E-state index in [1.54, 1.807) is 6.08 Å². The molecule has 0 heterocycles. The first-order chi connectivity index (χ1) is 12.2. The highest BCUT2D eigenvalue weighted by atomic mass is 16.5. The van der Waals surface area contributed by atoms with Crippen LogP contribution in [0.25, 0.3) is 10.8 Å². The maximum Gasteiger partial charge on any atom is 0.331 e. The number of carboxylic acids is 1. The number of benzene rings is 2. The Balaban J connectivity index is 2.22. The Hall–Kier alpha value is -2.57. The van der Waals surface area contributed by atoms with E-state index in [-0.39, 0.29) is 32.8 Å². The summed E-state index contributed by atoms with van der Waals surface area (Å²) in [7, 11) is 0. The zero-order chi connectivity index (χ0) is 17.8. The Morgan fingerprint density at radius 2 is 1.52 bits per heavy atom. The van der Waals surface area contributed by atoms with Crippen LogP contribution >= 0.6 is 0 Å². The molecule has 0 aromatic heterocycles. The fourth-order valence-electron chi connectivity index (χ4n) is 3.16. The predicted octanol–water partition coefficient (Wildman–Crippen LogP) is 1.69. The smallest absolute Gasteiger partial charge is 0.331 e. The zero-order valence-corrected chi connectivity index (χ0v) is 13.7. The van der Waals surface area contributed by atoms with Crippen LogP contribution in [0.5, 0.6) is 11.5 Å². The summed E-state index contributed by atoms with van der Waals surface area (Å²) in [6.45, 7) is 0.0394. The molecule has 6 nitrogen and oxygen atoms in total. The van der Waals surface area contributed by atoms with E-state index in [0.717, 1.165) is 21.9 Å². The third kappa shape index (κ3) is 3.31. The molecule has 132 valence electrons. The normalized spacial score (nSPS) is 13.3. The van der Waals surface area contributed by atoms with E-state index < -0.39 is 5.97 Å². The number of aliphatic carboxylic acids is 1. The van der Waals surface area contributed by atoms with Gasteiger partial charge in [0.1, 0.15) is 24.7 Å². The molecule has 0 aliphatic heterocycles. The number of aliphatic hydroxyl groups is 2.